The molecule has 0 saturated carbocycles. The van der Waals surface area contributed by atoms with Gasteiger partial charge in [-0.25, -0.2) is 28.9 Å². The first-order valence-electron chi connectivity index (χ1n) is 11.2. The number of aromatic nitrogens is 4. The number of aryl methyl sites for hydroxylation is 1. The van der Waals surface area contributed by atoms with Crippen LogP contribution in [0.1, 0.15) is 28.5 Å². The lowest BCUT2D eigenvalue weighted by atomic mass is 10.1. The molecule has 0 unspecified atom stereocenters. The normalized spacial score (nSPS) is 11.4. The molecular formula is C26H25N5O5. The third-order valence-corrected chi connectivity index (χ3v) is 5.40. The maximum atomic E-state index is 13.0. The number of pyridine rings is 1. The van der Waals surface area contributed by atoms with Gasteiger partial charge in [0.25, 0.3) is 0 Å². The molecule has 2 aromatic carbocycles. The summed E-state index contributed by atoms with van der Waals surface area (Å²) < 4.78 is 13.0. The lowest BCUT2D eigenvalue weighted by Gasteiger charge is -2.10. The van der Waals surface area contributed by atoms with Crippen molar-refractivity contribution in [2.45, 2.75) is 26.9 Å². The Kier molecular flexibility index (Phi) is 7.24. The molecule has 1 N–H and O–H groups in total. The number of esters is 1. The summed E-state index contributed by atoms with van der Waals surface area (Å²) in [6.45, 7) is 4.22. The van der Waals surface area contributed by atoms with Crippen LogP contribution in [0.25, 0.3) is 0 Å². The molecule has 10 heteroatoms. The topological polar surface area (TPSA) is 121 Å². The molecule has 0 fully saturated rings. The van der Waals surface area contributed by atoms with Crippen LogP contribution in [0.15, 0.2) is 81.4 Å². The maximum absolute atomic E-state index is 13.0. The zero-order valence-electron chi connectivity index (χ0n) is 20.1. The summed E-state index contributed by atoms with van der Waals surface area (Å²) in [5, 5.41) is 0. The van der Waals surface area contributed by atoms with E-state index in [9.17, 15) is 14.4 Å². The quantitative estimate of drug-likeness (QED) is 0.400. The number of rotatable bonds is 7. The summed E-state index contributed by atoms with van der Waals surface area (Å²) in [5.74, 6) is 0.427. The smallest absolute Gasteiger partial charge is 0.356 e. The van der Waals surface area contributed by atoms with Crippen molar-refractivity contribution >= 4 is 11.7 Å². The molecule has 4 rings (SSSR count). The molecule has 0 radical (unpaired) electrons. The van der Waals surface area contributed by atoms with Gasteiger partial charge in [0, 0.05) is 6.54 Å². The summed E-state index contributed by atoms with van der Waals surface area (Å²) >= 11 is 0. The van der Waals surface area contributed by atoms with Gasteiger partial charge >= 0.3 is 17.3 Å². The van der Waals surface area contributed by atoms with E-state index in [-0.39, 0.29) is 24.4 Å². The average molecular weight is 488 g/mol. The van der Waals surface area contributed by atoms with Gasteiger partial charge in [0.2, 0.25) is 5.62 Å². The molecule has 10 nitrogen and oxygen atoms in total. The van der Waals surface area contributed by atoms with E-state index in [4.69, 9.17) is 4.74 Å². The zero-order chi connectivity index (χ0) is 25.7. The van der Waals surface area contributed by atoms with Crippen molar-refractivity contribution < 1.29 is 14.3 Å². The minimum atomic E-state index is -0.531. The maximum Gasteiger partial charge on any atom is 0.356 e. The van der Waals surface area contributed by atoms with Gasteiger partial charge in [-0.15, -0.1) is 0 Å². The zero-order valence-corrected chi connectivity index (χ0v) is 20.1. The lowest BCUT2D eigenvalue weighted by molar-refractivity contribution is 0.0594. The highest BCUT2D eigenvalue weighted by molar-refractivity contribution is 5.87. The summed E-state index contributed by atoms with van der Waals surface area (Å²) in [5.41, 5.74) is 1.89. The van der Waals surface area contributed by atoms with Crippen LogP contribution >= 0.6 is 0 Å². The molecule has 0 atom stereocenters. The number of methoxy groups -OCH3 is 1. The minimum Gasteiger partial charge on any atom is -0.464 e. The molecule has 0 saturated heterocycles. The van der Waals surface area contributed by atoms with Gasteiger partial charge in [-0.2, -0.15) is 0 Å². The Labute approximate surface area is 206 Å². The Bertz CT molecular complexity index is 1550. The first kappa shape index (κ1) is 24.4. The number of nitrogens with one attached hydrogen (secondary N) is 1. The molecule has 0 aliphatic rings. The van der Waals surface area contributed by atoms with Crippen LogP contribution in [0.5, 0.6) is 11.5 Å². The highest BCUT2D eigenvalue weighted by atomic mass is 16.5. The molecule has 184 valence electrons. The number of ether oxygens (including phenoxy) is 2. The number of H-pyrrole nitrogens is 1. The minimum absolute atomic E-state index is 0.145. The Balaban J connectivity index is 1.64. The highest BCUT2D eigenvalue weighted by Gasteiger charge is 2.10. The second kappa shape index (κ2) is 10.7. The van der Waals surface area contributed by atoms with E-state index in [2.05, 4.69) is 19.7 Å². The fourth-order valence-corrected chi connectivity index (χ4v) is 3.45. The first-order chi connectivity index (χ1) is 17.4. The van der Waals surface area contributed by atoms with Gasteiger partial charge in [-0.3, -0.25) is 9.55 Å². The summed E-state index contributed by atoms with van der Waals surface area (Å²) in [6.07, 6.45) is 1.42. The Morgan fingerprint density at radius 3 is 2.28 bits per heavy atom. The summed E-state index contributed by atoms with van der Waals surface area (Å²) in [4.78, 5) is 48.2. The number of aromatic amines is 1. The van der Waals surface area contributed by atoms with Gasteiger partial charge in [0.1, 0.15) is 17.2 Å². The number of carbonyl (C=O) groups excluding carboxylic acids is 1. The predicted octanol–water partition coefficient (Wildman–Crippen LogP) is 2.92. The second-order valence-corrected chi connectivity index (χ2v) is 7.93. The van der Waals surface area contributed by atoms with Crippen molar-refractivity contribution in [1.29, 1.82) is 0 Å². The van der Waals surface area contributed by atoms with Crippen molar-refractivity contribution in [2.75, 3.05) is 7.11 Å². The lowest BCUT2D eigenvalue weighted by Crippen LogP contribution is -2.49. The summed E-state index contributed by atoms with van der Waals surface area (Å²) in [6, 6.07) is 17.7. The molecule has 2 heterocycles. The van der Waals surface area contributed by atoms with Crippen molar-refractivity contribution in [3.05, 3.63) is 110 Å². The van der Waals surface area contributed by atoms with Crippen molar-refractivity contribution in [3.63, 3.8) is 0 Å². The molecule has 0 aliphatic carbocycles. The molecular weight excluding hydrogens is 462 g/mol. The largest absolute Gasteiger partial charge is 0.464 e. The van der Waals surface area contributed by atoms with E-state index < -0.39 is 17.3 Å². The van der Waals surface area contributed by atoms with E-state index in [0.29, 0.717) is 17.2 Å². The van der Waals surface area contributed by atoms with Crippen molar-refractivity contribution in [2.24, 2.45) is 4.99 Å². The van der Waals surface area contributed by atoms with Gasteiger partial charge in [0.05, 0.1) is 25.5 Å². The molecule has 36 heavy (non-hydrogen) atoms. The average Bonchev–Trinajstić information content (AvgIpc) is 2.89. The van der Waals surface area contributed by atoms with Gasteiger partial charge in [-0.05, 0) is 55.8 Å². The van der Waals surface area contributed by atoms with Crippen molar-refractivity contribution in [3.8, 4) is 11.5 Å². The summed E-state index contributed by atoms with van der Waals surface area (Å²) in [7, 11) is 1.29. The Hall–Kier alpha value is -4.73. The van der Waals surface area contributed by atoms with Gasteiger partial charge in [-0.1, -0.05) is 29.8 Å². The molecule has 0 spiro atoms. The number of hydrogen-bond donors (Lipinski definition) is 1. The molecule has 4 aromatic rings. The van der Waals surface area contributed by atoms with Crippen LogP contribution in [0, 0.1) is 6.92 Å². The van der Waals surface area contributed by atoms with E-state index in [1.807, 2.05) is 31.2 Å². The van der Waals surface area contributed by atoms with Crippen LogP contribution in [0.2, 0.25) is 0 Å². The fourth-order valence-electron chi connectivity index (χ4n) is 3.45. The van der Waals surface area contributed by atoms with E-state index in [1.54, 1.807) is 37.3 Å². The second-order valence-electron chi connectivity index (χ2n) is 7.93. The number of hydrogen-bond acceptors (Lipinski definition) is 7. The molecule has 0 aliphatic heterocycles. The number of carbonyl (C=O) groups is 1. The van der Waals surface area contributed by atoms with E-state index in [1.165, 1.54) is 23.9 Å². The number of nitrogens with zero attached hydrogens (tertiary/aromatic N) is 4. The first-order valence-corrected chi connectivity index (χ1v) is 11.2. The Morgan fingerprint density at radius 2 is 1.67 bits per heavy atom. The predicted molar refractivity (Wildman–Crippen MR) is 133 cm³/mol. The number of benzene rings is 2. The Morgan fingerprint density at radius 1 is 0.972 bits per heavy atom. The standard InChI is InChI=1S/C26H25N5O5/c1-4-30-25(33)29-24(31(26(30)34)16-18-7-5-17(2)6-8-18)28-19-9-11-20(12-10-19)36-21-13-14-22(27-15-21)23(32)35-3/h5-15H,4,16H2,1-3H3,(H,28,29,33). The molecule has 0 bridgehead atoms. The van der Waals surface area contributed by atoms with Gasteiger partial charge < -0.3 is 9.47 Å². The van der Waals surface area contributed by atoms with Crippen molar-refractivity contribution in [1.82, 2.24) is 19.1 Å². The fraction of sp³-hybridized carbons (Fsp3) is 0.192. The third-order valence-electron chi connectivity index (χ3n) is 5.40. The monoisotopic (exact) mass is 487 g/mol. The third kappa shape index (κ3) is 5.49. The van der Waals surface area contributed by atoms with Crippen LogP contribution in [0.3, 0.4) is 0 Å². The highest BCUT2D eigenvalue weighted by Crippen LogP contribution is 2.23. The van der Waals surface area contributed by atoms with Gasteiger partial charge in [0.15, 0.2) is 0 Å². The van der Waals surface area contributed by atoms with Crippen LogP contribution in [-0.4, -0.2) is 32.2 Å². The van der Waals surface area contributed by atoms with E-state index in [0.717, 1.165) is 15.7 Å². The van der Waals surface area contributed by atoms with Crippen LogP contribution in [0.4, 0.5) is 5.69 Å². The van der Waals surface area contributed by atoms with Crippen LogP contribution in [-0.2, 0) is 17.8 Å². The van der Waals surface area contributed by atoms with Crippen LogP contribution < -0.4 is 21.7 Å². The SMILES string of the molecule is CCn1c(=O)[nH]/c(=N\c2ccc(Oc3ccc(C(=O)OC)nc3)cc2)n(Cc2ccc(C)cc2)c1=O. The van der Waals surface area contributed by atoms with E-state index >= 15 is 0 Å². The molecule has 2 aromatic heterocycles. The molecule has 0 amide bonds.